The van der Waals surface area contributed by atoms with Crippen LogP contribution in [0.2, 0.25) is 0 Å². The molecule has 0 aliphatic carbocycles. The highest BCUT2D eigenvalue weighted by Crippen LogP contribution is 2.29. The van der Waals surface area contributed by atoms with E-state index < -0.39 is 0 Å². The number of hydrogen-bond acceptors (Lipinski definition) is 2. The molecule has 108 valence electrons. The minimum Gasteiger partial charge on any atom is -0.313 e. The first-order valence-electron chi connectivity index (χ1n) is 7.87. The SMILES string of the molecule is Cc1ccc2c(c1)CCCN2C(=O)CC1CCCCN1. The number of hydrogen-bond donors (Lipinski definition) is 1. The quantitative estimate of drug-likeness (QED) is 0.898. The Hall–Kier alpha value is -1.35. The van der Waals surface area contributed by atoms with E-state index in [-0.39, 0.29) is 5.91 Å². The van der Waals surface area contributed by atoms with Crippen molar-refractivity contribution in [3.8, 4) is 0 Å². The summed E-state index contributed by atoms with van der Waals surface area (Å²) in [5.74, 6) is 0.286. The summed E-state index contributed by atoms with van der Waals surface area (Å²) >= 11 is 0. The molecule has 1 N–H and O–H groups in total. The second kappa shape index (κ2) is 5.96. The second-order valence-corrected chi connectivity index (χ2v) is 6.13. The lowest BCUT2D eigenvalue weighted by Gasteiger charge is -2.32. The number of benzene rings is 1. The Labute approximate surface area is 121 Å². The third-order valence-electron chi connectivity index (χ3n) is 4.49. The van der Waals surface area contributed by atoms with Crippen molar-refractivity contribution in [2.24, 2.45) is 0 Å². The highest BCUT2D eigenvalue weighted by Gasteiger charge is 2.25. The largest absolute Gasteiger partial charge is 0.313 e. The van der Waals surface area contributed by atoms with Gasteiger partial charge in [0.25, 0.3) is 0 Å². The first-order chi connectivity index (χ1) is 9.74. The van der Waals surface area contributed by atoms with E-state index in [1.165, 1.54) is 24.0 Å². The second-order valence-electron chi connectivity index (χ2n) is 6.13. The molecule has 0 aromatic heterocycles. The molecule has 2 heterocycles. The predicted octanol–water partition coefficient (Wildman–Crippen LogP) is 2.81. The molecule has 1 atom stereocenters. The topological polar surface area (TPSA) is 32.3 Å². The van der Waals surface area contributed by atoms with Crippen LogP contribution in [0, 0.1) is 6.92 Å². The smallest absolute Gasteiger partial charge is 0.228 e. The number of rotatable bonds is 2. The van der Waals surface area contributed by atoms with Crippen molar-refractivity contribution in [3.05, 3.63) is 29.3 Å². The lowest BCUT2D eigenvalue weighted by molar-refractivity contribution is -0.119. The molecule has 2 aliphatic heterocycles. The molecular weight excluding hydrogens is 248 g/mol. The van der Waals surface area contributed by atoms with Gasteiger partial charge >= 0.3 is 0 Å². The Morgan fingerprint density at radius 1 is 1.35 bits per heavy atom. The normalized spacial score (nSPS) is 22.4. The molecule has 3 heteroatoms. The van der Waals surface area contributed by atoms with Crippen LogP contribution >= 0.6 is 0 Å². The van der Waals surface area contributed by atoms with Crippen LogP contribution in [0.3, 0.4) is 0 Å². The van der Waals surface area contributed by atoms with Gasteiger partial charge in [-0.2, -0.15) is 0 Å². The molecule has 2 aliphatic rings. The van der Waals surface area contributed by atoms with Gasteiger partial charge in [-0.05, 0) is 50.8 Å². The minimum atomic E-state index is 0.286. The third-order valence-corrected chi connectivity index (χ3v) is 4.49. The third kappa shape index (κ3) is 2.88. The maximum absolute atomic E-state index is 12.6. The predicted molar refractivity (Wildman–Crippen MR) is 82.1 cm³/mol. The lowest BCUT2D eigenvalue weighted by atomic mass is 9.97. The Balaban J connectivity index is 1.72. The summed E-state index contributed by atoms with van der Waals surface area (Å²) in [4.78, 5) is 14.6. The maximum Gasteiger partial charge on any atom is 0.228 e. The summed E-state index contributed by atoms with van der Waals surface area (Å²) in [5.41, 5.74) is 3.76. The standard InChI is InChI=1S/C17H24N2O/c1-13-7-8-16-14(11-13)5-4-10-19(16)17(20)12-15-6-2-3-9-18-15/h7-8,11,15,18H,2-6,9-10,12H2,1H3. The van der Waals surface area contributed by atoms with Gasteiger partial charge in [0.1, 0.15) is 0 Å². The molecule has 0 radical (unpaired) electrons. The van der Waals surface area contributed by atoms with Gasteiger partial charge in [-0.3, -0.25) is 4.79 Å². The van der Waals surface area contributed by atoms with Gasteiger partial charge in [0.2, 0.25) is 5.91 Å². The Kier molecular flexibility index (Phi) is 4.06. The summed E-state index contributed by atoms with van der Waals surface area (Å²) in [6.07, 6.45) is 6.47. The molecule has 3 rings (SSSR count). The van der Waals surface area contributed by atoms with Crippen LogP contribution in [0.15, 0.2) is 18.2 Å². The highest BCUT2D eigenvalue weighted by molar-refractivity contribution is 5.95. The number of carbonyl (C=O) groups excluding carboxylic acids is 1. The van der Waals surface area contributed by atoms with Gasteiger partial charge in [0, 0.05) is 24.7 Å². The average molecular weight is 272 g/mol. The van der Waals surface area contributed by atoms with Gasteiger partial charge in [-0.15, -0.1) is 0 Å². The Bertz CT molecular complexity index is 492. The molecule has 1 saturated heterocycles. The van der Waals surface area contributed by atoms with E-state index >= 15 is 0 Å². The summed E-state index contributed by atoms with van der Waals surface area (Å²) in [6, 6.07) is 6.85. The number of fused-ring (bicyclic) bond motifs is 1. The molecule has 1 unspecified atom stereocenters. The van der Waals surface area contributed by atoms with E-state index in [4.69, 9.17) is 0 Å². The number of nitrogens with one attached hydrogen (secondary N) is 1. The molecule has 0 spiro atoms. The molecule has 1 amide bonds. The molecule has 1 aromatic carbocycles. The van der Waals surface area contributed by atoms with Crippen LogP contribution in [0.4, 0.5) is 5.69 Å². The van der Waals surface area contributed by atoms with Gasteiger partial charge in [0.15, 0.2) is 0 Å². The number of nitrogens with zero attached hydrogens (tertiary/aromatic N) is 1. The van der Waals surface area contributed by atoms with Gasteiger partial charge in [-0.25, -0.2) is 0 Å². The summed E-state index contributed by atoms with van der Waals surface area (Å²) in [5, 5.41) is 3.47. The number of aryl methyl sites for hydroxylation is 2. The van der Waals surface area contributed by atoms with Crippen LogP contribution < -0.4 is 10.2 Å². The first kappa shape index (κ1) is 13.6. The highest BCUT2D eigenvalue weighted by atomic mass is 16.2. The lowest BCUT2D eigenvalue weighted by Crippen LogP contribution is -2.42. The fourth-order valence-corrected chi connectivity index (χ4v) is 3.40. The van der Waals surface area contributed by atoms with Crippen molar-refractivity contribution in [2.75, 3.05) is 18.0 Å². The van der Waals surface area contributed by atoms with Crippen molar-refractivity contribution in [1.82, 2.24) is 5.32 Å². The monoisotopic (exact) mass is 272 g/mol. The fourth-order valence-electron chi connectivity index (χ4n) is 3.40. The van der Waals surface area contributed by atoms with Crippen LogP contribution in [0.1, 0.15) is 43.2 Å². The molecular formula is C17H24N2O. The zero-order valence-electron chi connectivity index (χ0n) is 12.3. The van der Waals surface area contributed by atoms with Crippen molar-refractivity contribution in [1.29, 1.82) is 0 Å². The summed E-state index contributed by atoms with van der Waals surface area (Å²) < 4.78 is 0. The molecule has 20 heavy (non-hydrogen) atoms. The van der Waals surface area contributed by atoms with Crippen LogP contribution in [-0.2, 0) is 11.2 Å². The van der Waals surface area contributed by atoms with Crippen molar-refractivity contribution < 1.29 is 4.79 Å². The van der Waals surface area contributed by atoms with Gasteiger partial charge in [0.05, 0.1) is 0 Å². The maximum atomic E-state index is 12.6. The van der Waals surface area contributed by atoms with Gasteiger partial charge < -0.3 is 10.2 Å². The minimum absolute atomic E-state index is 0.286. The van der Waals surface area contributed by atoms with E-state index in [9.17, 15) is 4.79 Å². The molecule has 1 fully saturated rings. The average Bonchev–Trinajstić information content (AvgIpc) is 2.47. The van der Waals surface area contributed by atoms with E-state index in [0.29, 0.717) is 12.5 Å². The molecule has 0 bridgehead atoms. The van der Waals surface area contributed by atoms with E-state index in [1.807, 2.05) is 4.90 Å². The number of carbonyl (C=O) groups is 1. The van der Waals surface area contributed by atoms with Crippen LogP contribution in [-0.4, -0.2) is 25.0 Å². The Morgan fingerprint density at radius 3 is 3.05 bits per heavy atom. The van der Waals surface area contributed by atoms with Crippen LogP contribution in [0.5, 0.6) is 0 Å². The molecule has 1 aromatic rings. The van der Waals surface area contributed by atoms with Gasteiger partial charge in [-0.1, -0.05) is 24.1 Å². The van der Waals surface area contributed by atoms with Crippen molar-refractivity contribution in [2.45, 2.75) is 51.5 Å². The zero-order valence-corrected chi connectivity index (χ0v) is 12.3. The van der Waals surface area contributed by atoms with Crippen molar-refractivity contribution in [3.63, 3.8) is 0 Å². The summed E-state index contributed by atoms with van der Waals surface area (Å²) in [7, 11) is 0. The first-order valence-corrected chi connectivity index (χ1v) is 7.87. The molecule has 3 nitrogen and oxygen atoms in total. The van der Waals surface area contributed by atoms with E-state index in [0.717, 1.165) is 38.0 Å². The molecule has 0 saturated carbocycles. The summed E-state index contributed by atoms with van der Waals surface area (Å²) in [6.45, 7) is 4.06. The van der Waals surface area contributed by atoms with Crippen LogP contribution in [0.25, 0.3) is 0 Å². The Morgan fingerprint density at radius 2 is 2.25 bits per heavy atom. The van der Waals surface area contributed by atoms with E-state index in [1.54, 1.807) is 0 Å². The fraction of sp³-hybridized carbons (Fsp3) is 0.588. The number of anilines is 1. The number of amides is 1. The zero-order chi connectivity index (χ0) is 13.9. The number of piperidine rings is 1. The van der Waals surface area contributed by atoms with E-state index in [2.05, 4.69) is 30.4 Å². The van der Waals surface area contributed by atoms with Crippen molar-refractivity contribution >= 4 is 11.6 Å².